The maximum Gasteiger partial charge on any atom is 0.417 e. The topological polar surface area (TPSA) is 41.9 Å². The normalized spacial score (nSPS) is 14.4. The van der Waals surface area contributed by atoms with Gasteiger partial charge in [-0.25, -0.2) is 9.97 Å². The van der Waals surface area contributed by atoms with E-state index in [2.05, 4.69) is 32.0 Å². The van der Waals surface area contributed by atoms with Crippen LogP contribution in [0.3, 0.4) is 0 Å². The van der Waals surface area contributed by atoms with Crippen molar-refractivity contribution < 1.29 is 13.2 Å². The van der Waals surface area contributed by atoms with Crippen molar-refractivity contribution in [3.05, 3.63) is 77.4 Å². The fourth-order valence-corrected chi connectivity index (χ4v) is 3.08. The van der Waals surface area contributed by atoms with Gasteiger partial charge in [-0.2, -0.15) is 13.2 Å². The predicted molar refractivity (Wildman–Crippen MR) is 89.7 cm³/mol. The summed E-state index contributed by atoms with van der Waals surface area (Å²) < 4.78 is 38.0. The number of benzene rings is 1. The maximum absolute atomic E-state index is 12.7. The van der Waals surface area contributed by atoms with Crippen LogP contribution < -0.4 is 0 Å². The average Bonchev–Trinajstić information content (AvgIpc) is 3.03. The van der Waals surface area contributed by atoms with Crippen LogP contribution >= 0.6 is 0 Å². The molecule has 0 saturated carbocycles. The first kappa shape index (κ1) is 16.7. The molecule has 7 heteroatoms. The molecule has 0 N–H and O–H groups in total. The predicted octanol–water partition coefficient (Wildman–Crippen LogP) is 4.07. The second-order valence-electron chi connectivity index (χ2n) is 6.24. The third-order valence-corrected chi connectivity index (χ3v) is 4.37. The molecule has 1 aliphatic rings. The van der Waals surface area contributed by atoms with E-state index in [0.717, 1.165) is 31.0 Å². The SMILES string of the molecule is FC(F)(F)c1ccc(-c2cc(CN3Cc4ccccc4C3)ncn2)nc1. The van der Waals surface area contributed by atoms with Gasteiger partial charge in [0.25, 0.3) is 0 Å². The molecule has 3 heterocycles. The quantitative estimate of drug-likeness (QED) is 0.709. The third-order valence-electron chi connectivity index (χ3n) is 4.37. The van der Waals surface area contributed by atoms with E-state index in [0.29, 0.717) is 17.9 Å². The lowest BCUT2D eigenvalue weighted by Crippen LogP contribution is -2.16. The summed E-state index contributed by atoms with van der Waals surface area (Å²) >= 11 is 0. The van der Waals surface area contributed by atoms with Crippen LogP contribution in [0.1, 0.15) is 22.4 Å². The molecule has 0 saturated heterocycles. The minimum atomic E-state index is -4.40. The van der Waals surface area contributed by atoms with Gasteiger partial charge in [0.05, 0.1) is 22.6 Å². The van der Waals surface area contributed by atoms with Gasteiger partial charge in [-0.3, -0.25) is 9.88 Å². The van der Waals surface area contributed by atoms with Gasteiger partial charge in [-0.05, 0) is 29.3 Å². The van der Waals surface area contributed by atoms with Crippen molar-refractivity contribution in [2.45, 2.75) is 25.8 Å². The molecule has 0 amide bonds. The average molecular weight is 356 g/mol. The summed E-state index contributed by atoms with van der Waals surface area (Å²) in [7, 11) is 0. The smallest absolute Gasteiger partial charge is 0.289 e. The van der Waals surface area contributed by atoms with Crippen molar-refractivity contribution in [3.63, 3.8) is 0 Å². The number of rotatable bonds is 3. The van der Waals surface area contributed by atoms with Crippen molar-refractivity contribution in [3.8, 4) is 11.4 Å². The molecule has 0 bridgehead atoms. The van der Waals surface area contributed by atoms with Crippen molar-refractivity contribution in [1.29, 1.82) is 0 Å². The van der Waals surface area contributed by atoms with Gasteiger partial charge in [0, 0.05) is 25.8 Å². The van der Waals surface area contributed by atoms with Gasteiger partial charge in [-0.1, -0.05) is 24.3 Å². The van der Waals surface area contributed by atoms with Crippen LogP contribution in [0.15, 0.2) is 55.0 Å². The van der Waals surface area contributed by atoms with Crippen molar-refractivity contribution in [1.82, 2.24) is 19.9 Å². The second-order valence-corrected chi connectivity index (χ2v) is 6.24. The first-order chi connectivity index (χ1) is 12.5. The molecule has 132 valence electrons. The highest BCUT2D eigenvalue weighted by molar-refractivity contribution is 5.54. The molecule has 4 rings (SSSR count). The van der Waals surface area contributed by atoms with E-state index in [9.17, 15) is 13.2 Å². The molecule has 2 aromatic heterocycles. The fraction of sp³-hybridized carbons (Fsp3) is 0.211. The van der Waals surface area contributed by atoms with Crippen LogP contribution in [0, 0.1) is 0 Å². The van der Waals surface area contributed by atoms with Crippen LogP contribution in [0.4, 0.5) is 13.2 Å². The molecule has 1 aromatic carbocycles. The maximum atomic E-state index is 12.7. The highest BCUT2D eigenvalue weighted by Gasteiger charge is 2.30. The molecule has 0 radical (unpaired) electrons. The number of hydrogen-bond donors (Lipinski definition) is 0. The molecular formula is C19H15F3N4. The third kappa shape index (κ3) is 3.43. The summed E-state index contributed by atoms with van der Waals surface area (Å²) in [6.45, 7) is 2.35. The van der Waals surface area contributed by atoms with Crippen LogP contribution in [0.5, 0.6) is 0 Å². The summed E-state index contributed by atoms with van der Waals surface area (Å²) in [6.07, 6.45) is -2.14. The summed E-state index contributed by atoms with van der Waals surface area (Å²) in [5, 5.41) is 0. The molecule has 0 unspecified atom stereocenters. The number of alkyl halides is 3. The second kappa shape index (κ2) is 6.49. The van der Waals surface area contributed by atoms with E-state index in [1.54, 1.807) is 6.07 Å². The highest BCUT2D eigenvalue weighted by atomic mass is 19.4. The molecule has 1 aliphatic heterocycles. The molecule has 0 aliphatic carbocycles. The van der Waals surface area contributed by atoms with Gasteiger partial charge < -0.3 is 0 Å². The Hall–Kier alpha value is -2.80. The number of hydrogen-bond acceptors (Lipinski definition) is 4. The Balaban J connectivity index is 1.51. The van der Waals surface area contributed by atoms with Gasteiger partial charge in [-0.15, -0.1) is 0 Å². The van der Waals surface area contributed by atoms with Crippen molar-refractivity contribution in [2.24, 2.45) is 0 Å². The van der Waals surface area contributed by atoms with Gasteiger partial charge in [0.1, 0.15) is 6.33 Å². The van der Waals surface area contributed by atoms with Gasteiger partial charge in [0.2, 0.25) is 0 Å². The summed E-state index contributed by atoms with van der Waals surface area (Å²) in [5.41, 5.74) is 3.57. The molecular weight excluding hydrogens is 341 g/mol. The monoisotopic (exact) mass is 356 g/mol. The van der Waals surface area contributed by atoms with Crippen molar-refractivity contribution >= 4 is 0 Å². The number of halogens is 3. The molecule has 3 aromatic rings. The Morgan fingerprint density at radius 2 is 1.62 bits per heavy atom. The lowest BCUT2D eigenvalue weighted by Gasteiger charge is -2.14. The number of aromatic nitrogens is 3. The lowest BCUT2D eigenvalue weighted by molar-refractivity contribution is -0.137. The van der Waals surface area contributed by atoms with Crippen LogP contribution in [0.2, 0.25) is 0 Å². The molecule has 0 fully saturated rings. The molecule has 0 atom stereocenters. The number of fused-ring (bicyclic) bond motifs is 1. The van der Waals surface area contributed by atoms with Crippen LogP contribution in [-0.2, 0) is 25.8 Å². The Labute approximate surface area is 148 Å². The molecule has 26 heavy (non-hydrogen) atoms. The fourth-order valence-electron chi connectivity index (χ4n) is 3.08. The number of nitrogens with zero attached hydrogens (tertiary/aromatic N) is 4. The first-order valence-electron chi connectivity index (χ1n) is 8.13. The van der Waals surface area contributed by atoms with E-state index in [4.69, 9.17) is 0 Å². The van der Waals surface area contributed by atoms with Gasteiger partial charge >= 0.3 is 6.18 Å². The summed E-state index contributed by atoms with van der Waals surface area (Å²) in [6, 6.07) is 12.4. The van der Waals surface area contributed by atoms with E-state index in [-0.39, 0.29) is 0 Å². The van der Waals surface area contributed by atoms with E-state index >= 15 is 0 Å². The molecule has 0 spiro atoms. The standard InChI is InChI=1S/C19H15F3N4/c20-19(21,22)15-5-6-17(23-8-15)18-7-16(24-12-25-18)11-26-9-13-3-1-2-4-14(13)10-26/h1-8,12H,9-11H2. The first-order valence-corrected chi connectivity index (χ1v) is 8.13. The zero-order valence-corrected chi connectivity index (χ0v) is 13.7. The summed E-state index contributed by atoms with van der Waals surface area (Å²) in [5.74, 6) is 0. The Kier molecular flexibility index (Phi) is 4.16. The Morgan fingerprint density at radius 1 is 0.885 bits per heavy atom. The van der Waals surface area contributed by atoms with Crippen LogP contribution in [-0.4, -0.2) is 19.9 Å². The molecule has 4 nitrogen and oxygen atoms in total. The Morgan fingerprint density at radius 3 is 2.23 bits per heavy atom. The van der Waals surface area contributed by atoms with E-state index in [1.807, 2.05) is 12.1 Å². The minimum absolute atomic E-state index is 0.395. The number of pyridine rings is 1. The van der Waals surface area contributed by atoms with E-state index in [1.165, 1.54) is 23.5 Å². The summed E-state index contributed by atoms with van der Waals surface area (Å²) in [4.78, 5) is 14.6. The zero-order valence-electron chi connectivity index (χ0n) is 13.7. The van der Waals surface area contributed by atoms with Crippen LogP contribution in [0.25, 0.3) is 11.4 Å². The zero-order chi connectivity index (χ0) is 18.1. The largest absolute Gasteiger partial charge is 0.417 e. The van der Waals surface area contributed by atoms with Gasteiger partial charge in [0.15, 0.2) is 0 Å². The highest BCUT2D eigenvalue weighted by Crippen LogP contribution is 2.29. The minimum Gasteiger partial charge on any atom is -0.289 e. The van der Waals surface area contributed by atoms with Crippen molar-refractivity contribution in [2.75, 3.05) is 0 Å². The lowest BCUT2D eigenvalue weighted by atomic mass is 10.1. The Bertz CT molecular complexity index is 898. The van der Waals surface area contributed by atoms with E-state index < -0.39 is 11.7 Å².